The molecule has 1 aromatic carbocycles. The molecule has 0 bridgehead atoms. The largest absolute Gasteiger partial charge is 0.490 e. The van der Waals surface area contributed by atoms with Crippen LogP contribution in [0.1, 0.15) is 10.4 Å². The molecule has 1 N–H and O–H groups in total. The van der Waals surface area contributed by atoms with Crippen molar-refractivity contribution in [3.05, 3.63) is 33.9 Å². The van der Waals surface area contributed by atoms with Crippen molar-refractivity contribution in [2.24, 2.45) is 0 Å². The lowest BCUT2D eigenvalue weighted by Crippen LogP contribution is -2.33. The van der Waals surface area contributed by atoms with Gasteiger partial charge in [0.2, 0.25) is 0 Å². The molecule has 1 amide bonds. The van der Waals surface area contributed by atoms with Crippen molar-refractivity contribution in [2.75, 3.05) is 13.7 Å². The Morgan fingerprint density at radius 3 is 2.58 bits per heavy atom. The number of amides is 1. The number of hydrogen-bond donors (Lipinski definition) is 1. The zero-order valence-electron chi connectivity index (χ0n) is 9.65. The van der Waals surface area contributed by atoms with Gasteiger partial charge in [-0.15, -0.1) is 0 Å². The van der Waals surface area contributed by atoms with Crippen LogP contribution in [0, 0.1) is 10.1 Å². The lowest BCUT2D eigenvalue weighted by molar-refractivity contribution is -0.385. The number of alkyl halides is 3. The van der Waals surface area contributed by atoms with Crippen LogP contribution in [-0.2, 0) is 0 Å². The molecular formula is C10H9F3N2O4. The van der Waals surface area contributed by atoms with Gasteiger partial charge in [-0.05, 0) is 12.1 Å². The number of nitrogens with zero attached hydrogens (tertiary/aromatic N) is 1. The fourth-order valence-corrected chi connectivity index (χ4v) is 1.26. The summed E-state index contributed by atoms with van der Waals surface area (Å²) in [5.74, 6) is -1.14. The van der Waals surface area contributed by atoms with Gasteiger partial charge < -0.3 is 10.1 Å². The summed E-state index contributed by atoms with van der Waals surface area (Å²) in [6.07, 6.45) is -4.55. The van der Waals surface area contributed by atoms with E-state index < -0.39 is 29.2 Å². The summed E-state index contributed by atoms with van der Waals surface area (Å²) in [6, 6.07) is 3.13. The molecule has 0 aliphatic heterocycles. The first kappa shape index (κ1) is 14.7. The van der Waals surface area contributed by atoms with Crippen molar-refractivity contribution < 1.29 is 27.6 Å². The molecule has 0 radical (unpaired) electrons. The Hall–Kier alpha value is -2.32. The van der Waals surface area contributed by atoms with Gasteiger partial charge in [-0.2, -0.15) is 13.2 Å². The number of nitro benzene ring substituents is 1. The van der Waals surface area contributed by atoms with Crippen LogP contribution < -0.4 is 10.1 Å². The Morgan fingerprint density at radius 1 is 1.47 bits per heavy atom. The molecule has 0 fully saturated rings. The van der Waals surface area contributed by atoms with Crippen molar-refractivity contribution in [3.63, 3.8) is 0 Å². The normalized spacial score (nSPS) is 10.9. The highest BCUT2D eigenvalue weighted by Crippen LogP contribution is 2.27. The van der Waals surface area contributed by atoms with Gasteiger partial charge in [0.15, 0.2) is 5.75 Å². The van der Waals surface area contributed by atoms with Crippen LogP contribution in [0.25, 0.3) is 0 Å². The minimum atomic E-state index is -4.55. The van der Waals surface area contributed by atoms with Gasteiger partial charge in [0.05, 0.1) is 12.0 Å². The number of hydrogen-bond acceptors (Lipinski definition) is 4. The van der Waals surface area contributed by atoms with E-state index in [0.717, 1.165) is 18.2 Å². The zero-order chi connectivity index (χ0) is 14.6. The van der Waals surface area contributed by atoms with Crippen LogP contribution in [-0.4, -0.2) is 30.7 Å². The van der Waals surface area contributed by atoms with Crippen molar-refractivity contribution in [1.82, 2.24) is 5.32 Å². The van der Waals surface area contributed by atoms with Crippen LogP contribution in [0.5, 0.6) is 5.75 Å². The molecule has 0 aliphatic carbocycles. The molecule has 1 rings (SSSR count). The number of nitrogens with one attached hydrogen (secondary N) is 1. The minimum absolute atomic E-state index is 0.0858. The topological polar surface area (TPSA) is 81.5 Å². The fraction of sp³-hybridized carbons (Fsp3) is 0.300. The molecule has 0 atom stereocenters. The number of rotatable bonds is 4. The highest BCUT2D eigenvalue weighted by Gasteiger charge is 2.28. The van der Waals surface area contributed by atoms with E-state index in [1.807, 2.05) is 0 Å². The maximum absolute atomic E-state index is 11.9. The summed E-state index contributed by atoms with van der Waals surface area (Å²) >= 11 is 0. The predicted molar refractivity (Wildman–Crippen MR) is 58.0 cm³/mol. The number of halogens is 3. The lowest BCUT2D eigenvalue weighted by Gasteiger charge is -2.09. The highest BCUT2D eigenvalue weighted by atomic mass is 19.4. The number of carbonyl (C=O) groups excluding carboxylic acids is 1. The molecule has 104 valence electrons. The van der Waals surface area contributed by atoms with Gasteiger partial charge in [0.25, 0.3) is 5.91 Å². The van der Waals surface area contributed by atoms with Crippen molar-refractivity contribution >= 4 is 11.6 Å². The highest BCUT2D eigenvalue weighted by molar-refractivity contribution is 5.95. The molecule has 0 heterocycles. The van der Waals surface area contributed by atoms with Gasteiger partial charge in [-0.1, -0.05) is 0 Å². The first-order valence-electron chi connectivity index (χ1n) is 4.92. The summed E-state index contributed by atoms with van der Waals surface area (Å²) < 4.78 is 40.4. The monoisotopic (exact) mass is 278 g/mol. The number of nitro groups is 1. The number of carbonyl (C=O) groups is 1. The quantitative estimate of drug-likeness (QED) is 0.673. The van der Waals surface area contributed by atoms with E-state index in [1.54, 1.807) is 5.32 Å². The van der Waals surface area contributed by atoms with E-state index in [0.29, 0.717) is 0 Å². The van der Waals surface area contributed by atoms with Gasteiger partial charge in [0.1, 0.15) is 6.54 Å². The SMILES string of the molecule is COc1ccc(C(=O)NCC(F)(F)F)cc1[N+](=O)[O-]. The second-order valence-electron chi connectivity index (χ2n) is 3.44. The number of benzene rings is 1. The zero-order valence-corrected chi connectivity index (χ0v) is 9.65. The molecular weight excluding hydrogens is 269 g/mol. The Morgan fingerprint density at radius 2 is 2.11 bits per heavy atom. The summed E-state index contributed by atoms with van der Waals surface area (Å²) in [4.78, 5) is 21.3. The molecule has 9 heteroatoms. The third-order valence-electron chi connectivity index (χ3n) is 2.09. The van der Waals surface area contributed by atoms with Gasteiger partial charge in [-0.3, -0.25) is 14.9 Å². The molecule has 0 aliphatic rings. The minimum Gasteiger partial charge on any atom is -0.490 e. The van der Waals surface area contributed by atoms with Crippen LogP contribution in [0.2, 0.25) is 0 Å². The average molecular weight is 278 g/mol. The lowest BCUT2D eigenvalue weighted by atomic mass is 10.1. The van der Waals surface area contributed by atoms with Crippen LogP contribution in [0.3, 0.4) is 0 Å². The van der Waals surface area contributed by atoms with E-state index in [4.69, 9.17) is 4.74 Å². The Balaban J connectivity index is 2.93. The fourth-order valence-electron chi connectivity index (χ4n) is 1.26. The molecule has 6 nitrogen and oxygen atoms in total. The first-order chi connectivity index (χ1) is 8.74. The smallest absolute Gasteiger partial charge is 0.405 e. The molecule has 0 unspecified atom stereocenters. The third kappa shape index (κ3) is 4.12. The van der Waals surface area contributed by atoms with E-state index in [-0.39, 0.29) is 11.3 Å². The van der Waals surface area contributed by atoms with Gasteiger partial charge in [-0.25, -0.2) is 0 Å². The summed E-state index contributed by atoms with van der Waals surface area (Å²) in [7, 11) is 1.20. The third-order valence-corrected chi connectivity index (χ3v) is 2.09. The Labute approximate surface area is 105 Å². The Bertz CT molecular complexity index is 502. The summed E-state index contributed by atoms with van der Waals surface area (Å²) in [6.45, 7) is -1.51. The molecule has 0 saturated carbocycles. The van der Waals surface area contributed by atoms with Crippen LogP contribution >= 0.6 is 0 Å². The summed E-state index contributed by atoms with van der Waals surface area (Å²) in [5, 5.41) is 12.3. The van der Waals surface area contributed by atoms with Crippen molar-refractivity contribution in [2.45, 2.75) is 6.18 Å². The van der Waals surface area contributed by atoms with Crippen molar-refractivity contribution in [1.29, 1.82) is 0 Å². The molecule has 1 aromatic rings. The van der Waals surface area contributed by atoms with Crippen LogP contribution in [0.4, 0.5) is 18.9 Å². The van der Waals surface area contributed by atoms with E-state index >= 15 is 0 Å². The molecule has 0 saturated heterocycles. The molecule has 0 spiro atoms. The molecule has 0 aromatic heterocycles. The second-order valence-corrected chi connectivity index (χ2v) is 3.44. The van der Waals surface area contributed by atoms with Gasteiger partial charge >= 0.3 is 11.9 Å². The molecule has 19 heavy (non-hydrogen) atoms. The first-order valence-corrected chi connectivity index (χ1v) is 4.92. The maximum atomic E-state index is 11.9. The second kappa shape index (κ2) is 5.55. The van der Waals surface area contributed by atoms with E-state index in [2.05, 4.69) is 0 Å². The van der Waals surface area contributed by atoms with Crippen LogP contribution in [0.15, 0.2) is 18.2 Å². The maximum Gasteiger partial charge on any atom is 0.405 e. The standard InChI is InChI=1S/C10H9F3N2O4/c1-19-8-3-2-6(4-7(8)15(17)18)9(16)14-5-10(11,12)13/h2-4H,5H2,1H3,(H,14,16). The summed E-state index contributed by atoms with van der Waals surface area (Å²) in [5.41, 5.74) is -0.751. The van der Waals surface area contributed by atoms with E-state index in [9.17, 15) is 28.1 Å². The van der Waals surface area contributed by atoms with Gasteiger partial charge in [0, 0.05) is 11.6 Å². The number of ether oxygens (including phenoxy) is 1. The average Bonchev–Trinajstić information content (AvgIpc) is 2.34. The number of methoxy groups -OCH3 is 1. The Kier molecular flexibility index (Phi) is 4.30. The van der Waals surface area contributed by atoms with Crippen molar-refractivity contribution in [3.8, 4) is 5.75 Å². The predicted octanol–water partition coefficient (Wildman–Crippen LogP) is 1.90. The van der Waals surface area contributed by atoms with E-state index in [1.165, 1.54) is 7.11 Å².